The van der Waals surface area contributed by atoms with Crippen LogP contribution in [0.5, 0.6) is 0 Å². The fourth-order valence-electron chi connectivity index (χ4n) is 2.96. The number of rotatable bonds is 6. The molecule has 19 heavy (non-hydrogen) atoms. The van der Waals surface area contributed by atoms with Crippen LogP contribution >= 0.6 is 0 Å². The van der Waals surface area contributed by atoms with Crippen LogP contribution in [0, 0.1) is 11.8 Å². The van der Waals surface area contributed by atoms with Gasteiger partial charge in [-0.3, -0.25) is 0 Å². The van der Waals surface area contributed by atoms with Gasteiger partial charge in [0.05, 0.1) is 0 Å². The molecule has 0 spiro atoms. The van der Waals surface area contributed by atoms with Crippen LogP contribution in [0.4, 0.5) is 0 Å². The summed E-state index contributed by atoms with van der Waals surface area (Å²) in [7, 11) is 0. The van der Waals surface area contributed by atoms with Crippen LogP contribution in [0.1, 0.15) is 38.2 Å². The van der Waals surface area contributed by atoms with E-state index in [2.05, 4.69) is 49.4 Å². The largest absolute Gasteiger partial charge is 0.381 e. The third-order valence-corrected chi connectivity index (χ3v) is 4.07. The third kappa shape index (κ3) is 4.83. The van der Waals surface area contributed by atoms with Crippen LogP contribution < -0.4 is 0 Å². The van der Waals surface area contributed by atoms with E-state index in [1.165, 1.54) is 31.2 Å². The summed E-state index contributed by atoms with van der Waals surface area (Å²) in [5, 5.41) is 0. The van der Waals surface area contributed by atoms with Crippen molar-refractivity contribution in [1.82, 2.24) is 0 Å². The Morgan fingerprint density at radius 1 is 1.21 bits per heavy atom. The van der Waals surface area contributed by atoms with Crippen LogP contribution in [0.2, 0.25) is 0 Å². The molecule has 0 radical (unpaired) electrons. The first-order valence-electron chi connectivity index (χ1n) is 7.68. The van der Waals surface area contributed by atoms with E-state index in [-0.39, 0.29) is 0 Å². The zero-order valence-electron chi connectivity index (χ0n) is 12.1. The van der Waals surface area contributed by atoms with Gasteiger partial charge >= 0.3 is 0 Å². The van der Waals surface area contributed by atoms with E-state index in [9.17, 15) is 0 Å². The predicted octanol–water partition coefficient (Wildman–Crippen LogP) is 4.63. The molecule has 1 atom stereocenters. The second kappa shape index (κ2) is 8.16. The van der Waals surface area contributed by atoms with Gasteiger partial charge in [0.25, 0.3) is 0 Å². The highest BCUT2D eigenvalue weighted by atomic mass is 16.5. The number of hydrogen-bond acceptors (Lipinski definition) is 1. The van der Waals surface area contributed by atoms with Crippen molar-refractivity contribution in [2.75, 3.05) is 13.2 Å². The Bertz CT molecular complexity index is 363. The summed E-state index contributed by atoms with van der Waals surface area (Å²) in [5.41, 5.74) is 1.40. The van der Waals surface area contributed by atoms with Crippen molar-refractivity contribution in [2.24, 2.45) is 11.8 Å². The van der Waals surface area contributed by atoms with Crippen LogP contribution in [-0.4, -0.2) is 13.2 Å². The fourth-order valence-corrected chi connectivity index (χ4v) is 2.96. The van der Waals surface area contributed by atoms with Gasteiger partial charge in [-0.1, -0.05) is 55.8 Å². The van der Waals surface area contributed by atoms with Gasteiger partial charge < -0.3 is 4.74 Å². The topological polar surface area (TPSA) is 9.23 Å². The lowest BCUT2D eigenvalue weighted by atomic mass is 9.83. The molecule has 1 aliphatic rings. The van der Waals surface area contributed by atoms with Gasteiger partial charge in [-0.25, -0.2) is 0 Å². The average Bonchev–Trinajstić information content (AvgIpc) is 2.48. The lowest BCUT2D eigenvalue weighted by Gasteiger charge is -2.28. The predicted molar refractivity (Wildman–Crippen MR) is 81.2 cm³/mol. The molecule has 2 rings (SSSR count). The third-order valence-electron chi connectivity index (χ3n) is 4.07. The van der Waals surface area contributed by atoms with Gasteiger partial charge in [0.1, 0.15) is 0 Å². The minimum absolute atomic E-state index is 0.748. The molecule has 0 amide bonds. The Morgan fingerprint density at radius 2 is 1.95 bits per heavy atom. The zero-order valence-corrected chi connectivity index (χ0v) is 12.1. The minimum atomic E-state index is 0.748. The smallest absolute Gasteiger partial charge is 0.0468 e. The minimum Gasteiger partial charge on any atom is -0.381 e. The summed E-state index contributed by atoms with van der Waals surface area (Å²) < 4.78 is 5.48. The van der Waals surface area contributed by atoms with E-state index >= 15 is 0 Å². The van der Waals surface area contributed by atoms with Crippen molar-refractivity contribution in [2.45, 2.75) is 39.0 Å². The maximum absolute atomic E-state index is 5.48. The number of ether oxygens (including phenoxy) is 1. The molecule has 1 unspecified atom stereocenters. The Labute approximate surface area is 117 Å². The first kappa shape index (κ1) is 14.3. The molecule has 1 saturated heterocycles. The van der Waals surface area contributed by atoms with E-state index in [1.54, 1.807) is 0 Å². The van der Waals surface area contributed by atoms with Gasteiger partial charge in [0.15, 0.2) is 0 Å². The first-order valence-corrected chi connectivity index (χ1v) is 7.68. The summed E-state index contributed by atoms with van der Waals surface area (Å²) in [6, 6.07) is 10.7. The molecule has 1 aromatic carbocycles. The molecule has 1 aliphatic heterocycles. The van der Waals surface area contributed by atoms with E-state index in [0.717, 1.165) is 31.5 Å². The van der Waals surface area contributed by atoms with Crippen molar-refractivity contribution in [3.05, 3.63) is 48.0 Å². The highest BCUT2D eigenvalue weighted by Crippen LogP contribution is 2.28. The fraction of sp³-hybridized carbons (Fsp3) is 0.556. The van der Waals surface area contributed by atoms with Gasteiger partial charge in [-0.2, -0.15) is 0 Å². The summed E-state index contributed by atoms with van der Waals surface area (Å²) >= 11 is 0. The van der Waals surface area contributed by atoms with Crippen molar-refractivity contribution in [3.63, 3.8) is 0 Å². The monoisotopic (exact) mass is 258 g/mol. The standard InChI is InChI=1S/C18H26O/c1-2-7-17(18-12-14-19-15-13-18)11-6-10-16-8-4-3-5-9-16/h3-6,8-9,11,17-18H,2,7,10,12-15H2,1H3/b11-6-. The second-order valence-electron chi connectivity index (χ2n) is 5.52. The van der Waals surface area contributed by atoms with Gasteiger partial charge in [-0.05, 0) is 43.1 Å². The van der Waals surface area contributed by atoms with E-state index in [0.29, 0.717) is 0 Å². The molecule has 0 aliphatic carbocycles. The molecule has 1 heterocycles. The number of hydrogen-bond donors (Lipinski definition) is 0. The second-order valence-corrected chi connectivity index (χ2v) is 5.52. The van der Waals surface area contributed by atoms with Crippen LogP contribution in [0.3, 0.4) is 0 Å². The first-order chi connectivity index (χ1) is 9.40. The van der Waals surface area contributed by atoms with Crippen molar-refractivity contribution in [1.29, 1.82) is 0 Å². The van der Waals surface area contributed by atoms with Crippen LogP contribution in [0.25, 0.3) is 0 Å². The van der Waals surface area contributed by atoms with Crippen molar-refractivity contribution >= 4 is 0 Å². The van der Waals surface area contributed by atoms with Crippen molar-refractivity contribution in [3.8, 4) is 0 Å². The van der Waals surface area contributed by atoms with Crippen molar-refractivity contribution < 1.29 is 4.74 Å². The van der Waals surface area contributed by atoms with Gasteiger partial charge in [0.2, 0.25) is 0 Å². The molecule has 1 heteroatoms. The molecule has 0 aromatic heterocycles. The zero-order chi connectivity index (χ0) is 13.3. The quantitative estimate of drug-likeness (QED) is 0.676. The summed E-state index contributed by atoms with van der Waals surface area (Å²) in [4.78, 5) is 0. The summed E-state index contributed by atoms with van der Waals surface area (Å²) in [5.74, 6) is 1.58. The van der Waals surface area contributed by atoms with Gasteiger partial charge in [-0.15, -0.1) is 0 Å². The average molecular weight is 258 g/mol. The molecule has 0 N–H and O–H groups in total. The number of benzene rings is 1. The molecular weight excluding hydrogens is 232 g/mol. The molecule has 1 nitrogen and oxygen atoms in total. The SMILES string of the molecule is CCCC(/C=C\Cc1ccccc1)C1CCOCC1. The Morgan fingerprint density at radius 3 is 2.63 bits per heavy atom. The molecule has 104 valence electrons. The molecule has 0 bridgehead atoms. The van der Waals surface area contributed by atoms with Crippen LogP contribution in [-0.2, 0) is 11.2 Å². The summed E-state index contributed by atoms with van der Waals surface area (Å²) in [6.45, 7) is 4.20. The molecule has 1 aromatic rings. The van der Waals surface area contributed by atoms with E-state index in [4.69, 9.17) is 4.74 Å². The lowest BCUT2D eigenvalue weighted by Crippen LogP contribution is -2.22. The Hall–Kier alpha value is -1.08. The maximum Gasteiger partial charge on any atom is 0.0468 e. The number of allylic oxidation sites excluding steroid dienone is 2. The lowest BCUT2D eigenvalue weighted by molar-refractivity contribution is 0.0524. The van der Waals surface area contributed by atoms with Crippen LogP contribution in [0.15, 0.2) is 42.5 Å². The maximum atomic E-state index is 5.48. The molecule has 1 fully saturated rings. The molecular formula is C18H26O. The Kier molecular flexibility index (Phi) is 6.16. The Balaban J connectivity index is 1.88. The molecule has 0 saturated carbocycles. The summed E-state index contributed by atoms with van der Waals surface area (Å²) in [6.07, 6.45) is 11.0. The highest BCUT2D eigenvalue weighted by Gasteiger charge is 2.21. The normalized spacial score (nSPS) is 18.8. The van der Waals surface area contributed by atoms with E-state index in [1.807, 2.05) is 0 Å². The van der Waals surface area contributed by atoms with Gasteiger partial charge in [0, 0.05) is 13.2 Å². The van der Waals surface area contributed by atoms with E-state index < -0.39 is 0 Å². The highest BCUT2D eigenvalue weighted by molar-refractivity contribution is 5.17.